The minimum atomic E-state index is 1.26. The summed E-state index contributed by atoms with van der Waals surface area (Å²) in [4.78, 5) is 0. The maximum Gasteiger partial charge on any atom is 0.142 e. The number of fused-ring (bicyclic) bond motifs is 9. The van der Waals surface area contributed by atoms with E-state index in [1.54, 1.807) is 0 Å². The van der Waals surface area contributed by atoms with Gasteiger partial charge in [0.2, 0.25) is 0 Å². The zero-order valence-electron chi connectivity index (χ0n) is 47.9. The number of hydrogen-bond donors (Lipinski definition) is 0. The molecule has 326 valence electrons. The average molecular weight is 927 g/mol. The van der Waals surface area contributed by atoms with Crippen LogP contribution in [0.1, 0.15) is 0 Å². The van der Waals surface area contributed by atoms with Gasteiger partial charge in [0.25, 0.3) is 0 Å². The molecule has 11 aromatic rings. The van der Waals surface area contributed by atoms with Gasteiger partial charge in [-0.2, -0.15) is 0 Å². The van der Waals surface area contributed by atoms with Crippen molar-refractivity contribution in [3.8, 4) is 33.6 Å². The second-order valence-corrected chi connectivity index (χ2v) is 23.7. The van der Waals surface area contributed by atoms with Crippen molar-refractivity contribution >= 4 is 368 Å². The first kappa shape index (κ1) is 50.2. The number of hydrogen-bond acceptors (Lipinski definition) is 1. The summed E-state index contributed by atoms with van der Waals surface area (Å²) in [5.74, 6) is 0. The average Bonchev–Trinajstić information content (AvgIpc) is 4.05. The van der Waals surface area contributed by atoms with E-state index in [-0.39, 0.29) is 0 Å². The summed E-state index contributed by atoms with van der Waals surface area (Å²) in [5, 5.41) is 8.40. The first-order valence-corrected chi connectivity index (χ1v) is 27.5. The van der Waals surface area contributed by atoms with Crippen molar-refractivity contribution in [3.05, 3.63) is 48.5 Å². The third-order valence-electron chi connectivity index (χ3n) is 19.4. The largest absolute Gasteiger partial charge is 0.312 e. The third kappa shape index (κ3) is 6.54. The molecule has 25 heteroatoms. The fourth-order valence-electron chi connectivity index (χ4n) is 14.1. The summed E-state index contributed by atoms with van der Waals surface area (Å²) in [6, 6.07) is 18.3. The highest BCUT2D eigenvalue weighted by Crippen LogP contribution is 2.39. The molecule has 0 unspecified atom stereocenters. The summed E-state index contributed by atoms with van der Waals surface area (Å²) in [5.41, 5.74) is 43.5. The summed E-state index contributed by atoms with van der Waals surface area (Å²) in [7, 11) is 52.1. The van der Waals surface area contributed by atoms with Crippen molar-refractivity contribution in [2.45, 2.75) is 0 Å². The van der Waals surface area contributed by atoms with Crippen molar-refractivity contribution in [3.63, 3.8) is 0 Å². The summed E-state index contributed by atoms with van der Waals surface area (Å²) in [6.07, 6.45) is 0. The molecular formula is C48H52B22N2S. The predicted molar refractivity (Wildman–Crippen MR) is 399 cm³/mol. The third-order valence-corrected chi connectivity index (χ3v) is 20.8. The van der Waals surface area contributed by atoms with E-state index in [9.17, 15) is 0 Å². The minimum Gasteiger partial charge on any atom is -0.312 e. The van der Waals surface area contributed by atoms with Crippen LogP contribution in [0, 0.1) is 0 Å². The van der Waals surface area contributed by atoms with E-state index in [1.807, 2.05) is 11.3 Å². The molecule has 0 radical (unpaired) electrons. The van der Waals surface area contributed by atoms with Gasteiger partial charge in [0.1, 0.15) is 173 Å². The van der Waals surface area contributed by atoms with Crippen LogP contribution in [-0.4, -0.2) is 182 Å². The normalized spacial score (nSPS) is 11.9. The summed E-state index contributed by atoms with van der Waals surface area (Å²) < 4.78 is 8.22. The molecule has 0 aliphatic heterocycles. The standard InChI is InChI=1S/C48H52B22N2S/c49-10-7-5-9(6-8-10)13-29(58)46(30(59)21-20-28(57)33(62)36(65)41(70)48(20)73-47(13)21)72-44-17(19-27(56)32(61)35(64)40(69)45(19)72)23(52)15(25(54)38(44)67)14-22(51)16-18-26(55)31(60)34(63)39(68)43(18)71(42(16)37(66)24(14)53)12-4-2-1-3-11(12)50/h1-8H,49-70H2. The van der Waals surface area contributed by atoms with Gasteiger partial charge in [0.05, 0.1) is 0 Å². The first-order valence-electron chi connectivity index (χ1n) is 26.6. The Bertz CT molecular complexity index is 4400. The SMILES string of the molecule is Bc1ccc(-c2c(B)c(-n3c4c(B)c(B)c(B)c(B)c4c4c(B)c(-c5c(B)c(B)c6c(c5B)c5c(B)c(B)c(B)c(B)c5n6-c5ccccc5B)c(B)c(B)c43)c(B)c3c2sc2c(B)c(B)c(B)c(B)c23)cc1. The second kappa shape index (κ2) is 17.3. The molecule has 2 nitrogen and oxygen atoms in total. The zero-order valence-corrected chi connectivity index (χ0v) is 48.7. The highest BCUT2D eigenvalue weighted by atomic mass is 32.1. The van der Waals surface area contributed by atoms with Crippen molar-refractivity contribution in [2.24, 2.45) is 0 Å². The van der Waals surface area contributed by atoms with Gasteiger partial charge < -0.3 is 9.13 Å². The summed E-state index contributed by atoms with van der Waals surface area (Å²) >= 11 is 2.01. The van der Waals surface area contributed by atoms with Gasteiger partial charge in [-0.1, -0.05) is 141 Å². The smallest absolute Gasteiger partial charge is 0.142 e. The minimum absolute atomic E-state index is 1.26. The van der Waals surface area contributed by atoms with Crippen LogP contribution >= 0.6 is 11.3 Å². The van der Waals surface area contributed by atoms with Gasteiger partial charge in [0.15, 0.2) is 0 Å². The van der Waals surface area contributed by atoms with Gasteiger partial charge in [-0.05, 0) is 49.9 Å². The predicted octanol–water partition coefficient (Wildman–Crippen LogP) is -24.7. The molecule has 8 aromatic carbocycles. The molecule has 0 fully saturated rings. The molecule has 3 heterocycles. The highest BCUT2D eigenvalue weighted by molar-refractivity contribution is 7.28. The van der Waals surface area contributed by atoms with E-state index in [4.69, 9.17) is 0 Å². The van der Waals surface area contributed by atoms with Crippen molar-refractivity contribution in [2.75, 3.05) is 0 Å². The molecule has 73 heavy (non-hydrogen) atoms. The van der Waals surface area contributed by atoms with Crippen LogP contribution in [0.25, 0.3) is 97.4 Å². The molecule has 0 atom stereocenters. The van der Waals surface area contributed by atoms with Gasteiger partial charge in [-0.15, -0.1) is 33.2 Å². The molecule has 0 amide bonds. The van der Waals surface area contributed by atoms with Crippen LogP contribution in [0.2, 0.25) is 0 Å². The molecule has 0 saturated carbocycles. The zero-order chi connectivity index (χ0) is 52.6. The molecule has 0 bridgehead atoms. The van der Waals surface area contributed by atoms with E-state index >= 15 is 0 Å². The number of aromatic nitrogens is 2. The van der Waals surface area contributed by atoms with Crippen LogP contribution < -0.4 is 120 Å². The molecule has 11 rings (SSSR count). The van der Waals surface area contributed by atoms with Crippen molar-refractivity contribution < 1.29 is 0 Å². The summed E-state index contributed by atoms with van der Waals surface area (Å²) in [6.45, 7) is 0. The number of benzene rings is 8. The lowest BCUT2D eigenvalue weighted by Crippen LogP contribution is -2.48. The Balaban J connectivity index is 1.36. The van der Waals surface area contributed by atoms with Gasteiger partial charge in [-0.25, -0.2) is 0 Å². The highest BCUT2D eigenvalue weighted by Gasteiger charge is 2.31. The van der Waals surface area contributed by atoms with E-state index in [0.29, 0.717) is 0 Å². The first-order chi connectivity index (χ1) is 34.5. The second-order valence-electron chi connectivity index (χ2n) is 22.7. The Morgan fingerprint density at radius 3 is 1.14 bits per heavy atom. The van der Waals surface area contributed by atoms with Crippen LogP contribution in [0.3, 0.4) is 0 Å². The molecule has 0 aliphatic rings. The number of para-hydroxylation sites is 1. The topological polar surface area (TPSA) is 9.86 Å². The molecular weight excluding hydrogens is 874 g/mol. The van der Waals surface area contributed by atoms with Crippen molar-refractivity contribution in [1.82, 2.24) is 9.13 Å². The Labute approximate surface area is 456 Å². The van der Waals surface area contributed by atoms with Gasteiger partial charge in [0, 0.05) is 53.6 Å². The molecule has 0 aliphatic carbocycles. The Morgan fingerprint density at radius 2 is 0.658 bits per heavy atom. The maximum atomic E-state index is 2.77. The molecule has 0 N–H and O–H groups in total. The van der Waals surface area contributed by atoms with Crippen molar-refractivity contribution in [1.29, 1.82) is 0 Å². The molecule has 0 saturated heterocycles. The number of thiophene rings is 1. The van der Waals surface area contributed by atoms with E-state index in [1.165, 1.54) is 218 Å². The Kier molecular flexibility index (Phi) is 11.9. The quantitative estimate of drug-likeness (QED) is 0.156. The van der Waals surface area contributed by atoms with E-state index in [0.717, 1.165) is 0 Å². The van der Waals surface area contributed by atoms with Gasteiger partial charge in [-0.3, -0.25) is 0 Å². The Morgan fingerprint density at radius 1 is 0.274 bits per heavy atom. The number of rotatable bonds is 4. The fourth-order valence-corrected chi connectivity index (χ4v) is 15.6. The van der Waals surface area contributed by atoms with E-state index in [2.05, 4.69) is 230 Å². The van der Waals surface area contributed by atoms with Crippen LogP contribution in [0.5, 0.6) is 0 Å². The lowest BCUT2D eigenvalue weighted by Gasteiger charge is -2.25. The Hall–Kier alpha value is -4.99. The monoisotopic (exact) mass is 931 g/mol. The van der Waals surface area contributed by atoms with Crippen LogP contribution in [0.15, 0.2) is 48.5 Å². The number of nitrogens with zero attached hydrogens (tertiary/aromatic N) is 2. The fraction of sp³-hybridized carbons (Fsp3) is 0. The van der Waals surface area contributed by atoms with Gasteiger partial charge >= 0.3 is 0 Å². The lowest BCUT2D eigenvalue weighted by atomic mass is 9.61. The maximum absolute atomic E-state index is 2.77. The molecule has 3 aromatic heterocycles. The van der Waals surface area contributed by atoms with E-state index < -0.39 is 0 Å². The lowest BCUT2D eigenvalue weighted by molar-refractivity contribution is 1.20. The van der Waals surface area contributed by atoms with Crippen LogP contribution in [0.4, 0.5) is 0 Å². The molecule has 0 spiro atoms. The van der Waals surface area contributed by atoms with Crippen LogP contribution in [-0.2, 0) is 0 Å².